The van der Waals surface area contributed by atoms with Gasteiger partial charge in [0.2, 0.25) is 0 Å². The summed E-state index contributed by atoms with van der Waals surface area (Å²) in [5.74, 6) is -0.284. The number of aryl methyl sites for hydroxylation is 1. The second-order valence-corrected chi connectivity index (χ2v) is 4.57. The van der Waals surface area contributed by atoms with Crippen molar-refractivity contribution in [2.45, 2.75) is 13.5 Å². The van der Waals surface area contributed by atoms with E-state index in [1.54, 1.807) is 0 Å². The van der Waals surface area contributed by atoms with Crippen LogP contribution in [0.25, 0.3) is 0 Å². The SMILES string of the molecule is Cc1ccccc1CNC(=O)c1cc(N)cnc1Cl. The Bertz CT molecular complexity index is 613. The topological polar surface area (TPSA) is 68.0 Å². The van der Waals surface area contributed by atoms with E-state index >= 15 is 0 Å². The van der Waals surface area contributed by atoms with E-state index < -0.39 is 0 Å². The van der Waals surface area contributed by atoms with Crippen LogP contribution in [0, 0.1) is 6.92 Å². The molecule has 1 amide bonds. The molecule has 1 aromatic carbocycles. The number of anilines is 1. The van der Waals surface area contributed by atoms with E-state index in [9.17, 15) is 4.79 Å². The highest BCUT2D eigenvalue weighted by Gasteiger charge is 2.11. The number of amides is 1. The average Bonchev–Trinajstić information content (AvgIpc) is 2.40. The second-order valence-electron chi connectivity index (χ2n) is 4.22. The molecular formula is C14H14ClN3O. The number of halogens is 1. The molecule has 2 aromatic rings. The molecule has 0 saturated heterocycles. The van der Waals surface area contributed by atoms with Gasteiger partial charge in [-0.15, -0.1) is 0 Å². The standard InChI is InChI=1S/C14H14ClN3O/c1-9-4-2-3-5-10(9)7-18-14(19)12-6-11(16)8-17-13(12)15/h2-6,8H,7,16H2,1H3,(H,18,19). The molecule has 0 aliphatic heterocycles. The number of benzene rings is 1. The highest BCUT2D eigenvalue weighted by Crippen LogP contribution is 2.15. The van der Waals surface area contributed by atoms with E-state index in [1.807, 2.05) is 31.2 Å². The van der Waals surface area contributed by atoms with Gasteiger partial charge in [0.1, 0.15) is 5.15 Å². The highest BCUT2D eigenvalue weighted by molar-refractivity contribution is 6.32. The number of carbonyl (C=O) groups excluding carboxylic acids is 1. The molecule has 5 heteroatoms. The lowest BCUT2D eigenvalue weighted by molar-refractivity contribution is 0.0950. The van der Waals surface area contributed by atoms with Gasteiger partial charge in [-0.05, 0) is 24.1 Å². The lowest BCUT2D eigenvalue weighted by Crippen LogP contribution is -2.23. The van der Waals surface area contributed by atoms with Crippen molar-refractivity contribution < 1.29 is 4.79 Å². The van der Waals surface area contributed by atoms with Gasteiger partial charge in [-0.3, -0.25) is 4.79 Å². The van der Waals surface area contributed by atoms with Gasteiger partial charge in [0.25, 0.3) is 5.91 Å². The smallest absolute Gasteiger partial charge is 0.254 e. The van der Waals surface area contributed by atoms with E-state index in [2.05, 4.69) is 10.3 Å². The van der Waals surface area contributed by atoms with Crippen LogP contribution >= 0.6 is 11.6 Å². The third-order valence-corrected chi connectivity index (χ3v) is 3.11. The van der Waals surface area contributed by atoms with Gasteiger partial charge in [0, 0.05) is 6.54 Å². The monoisotopic (exact) mass is 275 g/mol. The van der Waals surface area contributed by atoms with Crippen LogP contribution in [-0.2, 0) is 6.54 Å². The summed E-state index contributed by atoms with van der Waals surface area (Å²) in [4.78, 5) is 15.9. The molecule has 0 aliphatic carbocycles. The first-order chi connectivity index (χ1) is 9.08. The Morgan fingerprint density at radius 2 is 2.16 bits per heavy atom. The second kappa shape index (κ2) is 5.71. The number of hydrogen-bond acceptors (Lipinski definition) is 3. The van der Waals surface area contributed by atoms with Crippen LogP contribution < -0.4 is 11.1 Å². The van der Waals surface area contributed by atoms with Crippen molar-refractivity contribution in [3.8, 4) is 0 Å². The third-order valence-electron chi connectivity index (χ3n) is 2.81. The zero-order valence-corrected chi connectivity index (χ0v) is 11.2. The maximum Gasteiger partial charge on any atom is 0.254 e. The predicted molar refractivity (Wildman–Crippen MR) is 76.0 cm³/mol. The van der Waals surface area contributed by atoms with E-state index in [0.717, 1.165) is 11.1 Å². The summed E-state index contributed by atoms with van der Waals surface area (Å²) in [6.45, 7) is 2.44. The Balaban J connectivity index is 2.10. The molecule has 98 valence electrons. The molecule has 0 spiro atoms. The molecule has 1 aromatic heterocycles. The fraction of sp³-hybridized carbons (Fsp3) is 0.143. The summed E-state index contributed by atoms with van der Waals surface area (Å²) in [6.07, 6.45) is 1.42. The van der Waals surface area contributed by atoms with Gasteiger partial charge >= 0.3 is 0 Å². The van der Waals surface area contributed by atoms with Crippen molar-refractivity contribution in [2.75, 3.05) is 5.73 Å². The maximum atomic E-state index is 12.0. The van der Waals surface area contributed by atoms with E-state index in [4.69, 9.17) is 17.3 Å². The number of pyridine rings is 1. The van der Waals surface area contributed by atoms with Crippen LogP contribution in [0.5, 0.6) is 0 Å². The average molecular weight is 276 g/mol. The third kappa shape index (κ3) is 3.23. The Morgan fingerprint density at radius 1 is 1.42 bits per heavy atom. The molecule has 1 heterocycles. The van der Waals surface area contributed by atoms with Crippen molar-refractivity contribution >= 4 is 23.2 Å². The molecule has 19 heavy (non-hydrogen) atoms. The number of carbonyl (C=O) groups is 1. The fourth-order valence-corrected chi connectivity index (χ4v) is 1.89. The van der Waals surface area contributed by atoms with Crippen LogP contribution in [0.4, 0.5) is 5.69 Å². The molecule has 0 bridgehead atoms. The zero-order valence-electron chi connectivity index (χ0n) is 10.5. The molecule has 0 radical (unpaired) electrons. The Kier molecular flexibility index (Phi) is 4.02. The molecule has 0 atom stereocenters. The lowest BCUT2D eigenvalue weighted by Gasteiger charge is -2.09. The van der Waals surface area contributed by atoms with Gasteiger partial charge in [-0.2, -0.15) is 0 Å². The highest BCUT2D eigenvalue weighted by atomic mass is 35.5. The molecule has 0 unspecified atom stereocenters. The largest absolute Gasteiger partial charge is 0.397 e. The fourth-order valence-electron chi connectivity index (χ4n) is 1.70. The maximum absolute atomic E-state index is 12.0. The summed E-state index contributed by atoms with van der Waals surface area (Å²) in [5, 5.41) is 2.95. The number of hydrogen-bond donors (Lipinski definition) is 2. The van der Waals surface area contributed by atoms with E-state index in [1.165, 1.54) is 12.3 Å². The summed E-state index contributed by atoms with van der Waals surface area (Å²) >= 11 is 5.88. The molecular weight excluding hydrogens is 262 g/mol. The predicted octanol–water partition coefficient (Wildman–Crippen LogP) is 2.56. The van der Waals surface area contributed by atoms with Crippen LogP contribution in [0.2, 0.25) is 5.15 Å². The van der Waals surface area contributed by atoms with E-state index in [0.29, 0.717) is 12.2 Å². The minimum Gasteiger partial charge on any atom is -0.397 e. The van der Waals surface area contributed by atoms with Crippen LogP contribution in [0.15, 0.2) is 36.5 Å². The first kappa shape index (κ1) is 13.4. The Hall–Kier alpha value is -2.07. The number of nitrogens with two attached hydrogens (primary N) is 1. The van der Waals surface area contributed by atoms with Gasteiger partial charge in [0.05, 0.1) is 17.4 Å². The van der Waals surface area contributed by atoms with Crippen molar-refractivity contribution in [3.63, 3.8) is 0 Å². The number of nitrogen functional groups attached to an aromatic ring is 1. The summed E-state index contributed by atoms with van der Waals surface area (Å²) in [5.41, 5.74) is 8.47. The van der Waals surface area contributed by atoms with Crippen molar-refractivity contribution in [2.24, 2.45) is 0 Å². The number of rotatable bonds is 3. The number of aromatic nitrogens is 1. The normalized spacial score (nSPS) is 10.2. The lowest BCUT2D eigenvalue weighted by atomic mass is 10.1. The van der Waals surface area contributed by atoms with Crippen molar-refractivity contribution in [1.29, 1.82) is 0 Å². The molecule has 0 saturated carbocycles. The summed E-state index contributed by atoms with van der Waals surface area (Å²) < 4.78 is 0. The Labute approximate surface area is 116 Å². The van der Waals surface area contributed by atoms with Gasteiger partial charge < -0.3 is 11.1 Å². The van der Waals surface area contributed by atoms with Crippen LogP contribution in [0.1, 0.15) is 21.5 Å². The first-order valence-electron chi connectivity index (χ1n) is 5.81. The van der Waals surface area contributed by atoms with E-state index in [-0.39, 0.29) is 16.6 Å². The molecule has 3 N–H and O–H groups in total. The van der Waals surface area contributed by atoms with Gasteiger partial charge in [0.15, 0.2) is 0 Å². The van der Waals surface area contributed by atoms with Crippen molar-refractivity contribution in [3.05, 3.63) is 58.4 Å². The van der Waals surface area contributed by atoms with Gasteiger partial charge in [-0.25, -0.2) is 4.98 Å². The van der Waals surface area contributed by atoms with Crippen molar-refractivity contribution in [1.82, 2.24) is 10.3 Å². The molecule has 2 rings (SSSR count). The minimum absolute atomic E-state index is 0.150. The molecule has 4 nitrogen and oxygen atoms in total. The Morgan fingerprint density at radius 3 is 2.89 bits per heavy atom. The van der Waals surface area contributed by atoms with Crippen LogP contribution in [0.3, 0.4) is 0 Å². The molecule has 0 aliphatic rings. The van der Waals surface area contributed by atoms with Gasteiger partial charge in [-0.1, -0.05) is 35.9 Å². The number of nitrogens with zero attached hydrogens (tertiary/aromatic N) is 1. The quantitative estimate of drug-likeness (QED) is 0.846. The number of nitrogens with one attached hydrogen (secondary N) is 1. The van der Waals surface area contributed by atoms with Crippen LogP contribution in [-0.4, -0.2) is 10.9 Å². The summed E-state index contributed by atoms with van der Waals surface area (Å²) in [7, 11) is 0. The summed E-state index contributed by atoms with van der Waals surface area (Å²) in [6, 6.07) is 9.37. The first-order valence-corrected chi connectivity index (χ1v) is 6.19. The molecule has 0 fully saturated rings. The zero-order chi connectivity index (χ0) is 13.8. The minimum atomic E-state index is -0.284.